The van der Waals surface area contributed by atoms with Crippen molar-refractivity contribution in [1.82, 2.24) is 10.3 Å². The molecule has 1 unspecified atom stereocenters. The Morgan fingerprint density at radius 3 is 3.12 bits per heavy atom. The summed E-state index contributed by atoms with van der Waals surface area (Å²) in [5.74, 6) is 1.14. The van der Waals surface area contributed by atoms with Gasteiger partial charge in [0.25, 0.3) is 0 Å². The molecule has 0 aromatic carbocycles. The molecule has 3 heteroatoms. The smallest absolute Gasteiger partial charge is 0.129 e. The molecule has 94 valence electrons. The molecule has 0 spiro atoms. The van der Waals surface area contributed by atoms with Crippen molar-refractivity contribution in [2.45, 2.75) is 45.7 Å². The number of nitrogens with one attached hydrogen (secondary N) is 1. The van der Waals surface area contributed by atoms with Crippen LogP contribution in [0.2, 0.25) is 0 Å². The van der Waals surface area contributed by atoms with E-state index in [2.05, 4.69) is 41.2 Å². The van der Waals surface area contributed by atoms with Crippen LogP contribution in [0.5, 0.6) is 0 Å². The Bertz CT molecular complexity index is 351. The van der Waals surface area contributed by atoms with Crippen molar-refractivity contribution in [1.29, 1.82) is 0 Å². The average molecular weight is 233 g/mol. The molecule has 1 saturated heterocycles. The number of rotatable bonds is 5. The number of hydrogen-bond donors (Lipinski definition) is 1. The molecule has 3 nitrogen and oxygen atoms in total. The molecule has 0 amide bonds. The Kier molecular flexibility index (Phi) is 4.37. The highest BCUT2D eigenvalue weighted by molar-refractivity contribution is 5.43. The van der Waals surface area contributed by atoms with Crippen molar-refractivity contribution in [3.05, 3.63) is 23.9 Å². The maximum Gasteiger partial charge on any atom is 0.129 e. The first-order valence-corrected chi connectivity index (χ1v) is 6.73. The van der Waals surface area contributed by atoms with Crippen LogP contribution in [0.25, 0.3) is 0 Å². The third-order valence-electron chi connectivity index (χ3n) is 3.41. The number of anilines is 1. The molecule has 1 atom stereocenters. The fourth-order valence-electron chi connectivity index (χ4n) is 2.41. The van der Waals surface area contributed by atoms with Gasteiger partial charge in [-0.1, -0.05) is 6.92 Å². The summed E-state index contributed by atoms with van der Waals surface area (Å²) in [7, 11) is 0. The molecule has 1 aromatic rings. The van der Waals surface area contributed by atoms with E-state index in [4.69, 9.17) is 0 Å². The van der Waals surface area contributed by atoms with Crippen LogP contribution in [0.4, 0.5) is 5.82 Å². The number of hydrogen-bond acceptors (Lipinski definition) is 3. The fourth-order valence-corrected chi connectivity index (χ4v) is 2.41. The van der Waals surface area contributed by atoms with E-state index in [9.17, 15) is 0 Å². The summed E-state index contributed by atoms with van der Waals surface area (Å²) in [5.41, 5.74) is 1.34. The van der Waals surface area contributed by atoms with E-state index in [-0.39, 0.29) is 0 Å². The Morgan fingerprint density at radius 2 is 2.41 bits per heavy atom. The van der Waals surface area contributed by atoms with E-state index in [0.717, 1.165) is 25.5 Å². The standard InChI is InChI=1S/C14H23N3/c1-3-7-15-11-13-6-8-16-14(10-13)17-9-4-5-12(17)2/h6,8,10,12,15H,3-5,7,9,11H2,1-2H3. The maximum atomic E-state index is 4.50. The van der Waals surface area contributed by atoms with Gasteiger partial charge in [-0.2, -0.15) is 0 Å². The van der Waals surface area contributed by atoms with Gasteiger partial charge in [0.05, 0.1) is 0 Å². The van der Waals surface area contributed by atoms with Gasteiger partial charge < -0.3 is 10.2 Å². The molecule has 0 aliphatic carbocycles. The second-order valence-electron chi connectivity index (χ2n) is 4.88. The largest absolute Gasteiger partial charge is 0.354 e. The van der Waals surface area contributed by atoms with Crippen LogP contribution in [-0.4, -0.2) is 24.1 Å². The van der Waals surface area contributed by atoms with Crippen LogP contribution in [0.15, 0.2) is 18.3 Å². The van der Waals surface area contributed by atoms with E-state index < -0.39 is 0 Å². The third kappa shape index (κ3) is 3.19. The van der Waals surface area contributed by atoms with Crippen LogP contribution in [-0.2, 0) is 6.54 Å². The molecule has 0 radical (unpaired) electrons. The summed E-state index contributed by atoms with van der Waals surface area (Å²) in [6.45, 7) is 7.66. The van der Waals surface area contributed by atoms with Crippen LogP contribution < -0.4 is 10.2 Å². The molecule has 1 aromatic heterocycles. The Morgan fingerprint density at radius 1 is 1.53 bits per heavy atom. The zero-order chi connectivity index (χ0) is 12.1. The van der Waals surface area contributed by atoms with E-state index in [0.29, 0.717) is 6.04 Å². The van der Waals surface area contributed by atoms with Gasteiger partial charge >= 0.3 is 0 Å². The monoisotopic (exact) mass is 233 g/mol. The van der Waals surface area contributed by atoms with Crippen molar-refractivity contribution in [3.63, 3.8) is 0 Å². The van der Waals surface area contributed by atoms with Gasteiger partial charge in [0.2, 0.25) is 0 Å². The summed E-state index contributed by atoms with van der Waals surface area (Å²) in [4.78, 5) is 6.92. The van der Waals surface area contributed by atoms with Gasteiger partial charge in [0.1, 0.15) is 5.82 Å². The predicted molar refractivity (Wildman–Crippen MR) is 72.3 cm³/mol. The first-order valence-electron chi connectivity index (χ1n) is 6.73. The molecule has 0 saturated carbocycles. The molecule has 0 bridgehead atoms. The molecular weight excluding hydrogens is 210 g/mol. The van der Waals surface area contributed by atoms with Gasteiger partial charge in [-0.3, -0.25) is 0 Å². The second kappa shape index (κ2) is 6.01. The lowest BCUT2D eigenvalue weighted by molar-refractivity contribution is 0.673. The summed E-state index contributed by atoms with van der Waals surface area (Å²) in [6, 6.07) is 4.97. The lowest BCUT2D eigenvalue weighted by Crippen LogP contribution is -2.27. The third-order valence-corrected chi connectivity index (χ3v) is 3.41. The van der Waals surface area contributed by atoms with E-state index in [1.54, 1.807) is 0 Å². The van der Waals surface area contributed by atoms with E-state index in [1.165, 1.54) is 24.8 Å². The highest BCUT2D eigenvalue weighted by Crippen LogP contribution is 2.23. The molecule has 2 heterocycles. The quantitative estimate of drug-likeness (QED) is 0.792. The molecule has 1 aliphatic heterocycles. The molecule has 1 aliphatic rings. The van der Waals surface area contributed by atoms with Gasteiger partial charge in [0.15, 0.2) is 0 Å². The minimum atomic E-state index is 0.640. The molecule has 1 fully saturated rings. The molecular formula is C14H23N3. The minimum absolute atomic E-state index is 0.640. The Hall–Kier alpha value is -1.09. The fraction of sp³-hybridized carbons (Fsp3) is 0.643. The number of pyridine rings is 1. The molecule has 2 rings (SSSR count). The Labute approximate surface area is 104 Å². The van der Waals surface area contributed by atoms with Crippen LogP contribution in [0.3, 0.4) is 0 Å². The van der Waals surface area contributed by atoms with Gasteiger partial charge in [0, 0.05) is 25.3 Å². The zero-order valence-electron chi connectivity index (χ0n) is 10.9. The molecule has 17 heavy (non-hydrogen) atoms. The van der Waals surface area contributed by atoms with Crippen molar-refractivity contribution in [2.24, 2.45) is 0 Å². The average Bonchev–Trinajstić information content (AvgIpc) is 2.76. The lowest BCUT2D eigenvalue weighted by atomic mass is 10.2. The Balaban J connectivity index is 2.00. The summed E-state index contributed by atoms with van der Waals surface area (Å²) in [6.07, 6.45) is 5.70. The highest BCUT2D eigenvalue weighted by atomic mass is 15.2. The van der Waals surface area contributed by atoms with Crippen molar-refractivity contribution in [2.75, 3.05) is 18.0 Å². The number of nitrogens with zero attached hydrogens (tertiary/aromatic N) is 2. The summed E-state index contributed by atoms with van der Waals surface area (Å²) in [5, 5.41) is 3.43. The topological polar surface area (TPSA) is 28.2 Å². The van der Waals surface area contributed by atoms with Crippen LogP contribution in [0.1, 0.15) is 38.7 Å². The maximum absolute atomic E-state index is 4.50. The van der Waals surface area contributed by atoms with Crippen molar-refractivity contribution >= 4 is 5.82 Å². The van der Waals surface area contributed by atoms with Crippen molar-refractivity contribution < 1.29 is 0 Å². The van der Waals surface area contributed by atoms with Crippen molar-refractivity contribution in [3.8, 4) is 0 Å². The highest BCUT2D eigenvalue weighted by Gasteiger charge is 2.21. The first kappa shape index (κ1) is 12.4. The van der Waals surface area contributed by atoms with Crippen LogP contribution >= 0.6 is 0 Å². The molecule has 1 N–H and O–H groups in total. The van der Waals surface area contributed by atoms with Crippen LogP contribution in [0, 0.1) is 0 Å². The minimum Gasteiger partial charge on any atom is -0.354 e. The zero-order valence-corrected chi connectivity index (χ0v) is 10.9. The SMILES string of the molecule is CCCNCc1ccnc(N2CCCC2C)c1. The first-order chi connectivity index (χ1) is 8.31. The van der Waals surface area contributed by atoms with Gasteiger partial charge in [-0.15, -0.1) is 0 Å². The van der Waals surface area contributed by atoms with Gasteiger partial charge in [-0.05, 0) is 50.4 Å². The van der Waals surface area contributed by atoms with E-state index >= 15 is 0 Å². The van der Waals surface area contributed by atoms with E-state index in [1.807, 2.05) is 6.20 Å². The normalized spacial score (nSPS) is 19.9. The van der Waals surface area contributed by atoms with Gasteiger partial charge in [-0.25, -0.2) is 4.98 Å². The summed E-state index contributed by atoms with van der Waals surface area (Å²) < 4.78 is 0. The summed E-state index contributed by atoms with van der Waals surface area (Å²) >= 11 is 0. The second-order valence-corrected chi connectivity index (χ2v) is 4.88. The number of aromatic nitrogens is 1. The lowest BCUT2D eigenvalue weighted by Gasteiger charge is -2.22. The predicted octanol–water partition coefficient (Wildman–Crippen LogP) is 2.57.